The maximum atomic E-state index is 9.42. The molecule has 0 aliphatic heterocycles. The Labute approximate surface area is 109 Å². The minimum atomic E-state index is -0.0572. The highest BCUT2D eigenvalue weighted by atomic mass is 16.5. The van der Waals surface area contributed by atoms with E-state index in [4.69, 9.17) is 4.74 Å². The van der Waals surface area contributed by atoms with Crippen LogP contribution in [-0.2, 0) is 0 Å². The van der Waals surface area contributed by atoms with Crippen LogP contribution in [0.1, 0.15) is 25.7 Å². The second-order valence-electron chi connectivity index (χ2n) is 5.05. The molecule has 2 unspecified atom stereocenters. The van der Waals surface area contributed by atoms with E-state index in [1.54, 1.807) is 0 Å². The highest BCUT2D eigenvalue weighted by Crippen LogP contribution is 2.24. The summed E-state index contributed by atoms with van der Waals surface area (Å²) in [5, 5.41) is 12.9. The number of aliphatic hydroxyl groups excluding tert-OH is 1. The molecule has 3 heteroatoms. The van der Waals surface area contributed by atoms with Crippen molar-refractivity contribution >= 4 is 0 Å². The number of hydrogen-bond donors (Lipinski definition) is 2. The summed E-state index contributed by atoms with van der Waals surface area (Å²) in [5.74, 6) is 1.60. The molecule has 0 heterocycles. The molecule has 1 aliphatic rings. The first-order valence-electron chi connectivity index (χ1n) is 6.91. The fourth-order valence-electron chi connectivity index (χ4n) is 2.44. The molecule has 1 aliphatic carbocycles. The first-order chi connectivity index (χ1) is 8.84. The average Bonchev–Trinajstić information content (AvgIpc) is 2.81. The van der Waals surface area contributed by atoms with Crippen molar-refractivity contribution in [2.45, 2.75) is 31.8 Å². The lowest BCUT2D eigenvalue weighted by molar-refractivity contribution is 0.177. The molecule has 3 nitrogen and oxygen atoms in total. The third-order valence-corrected chi connectivity index (χ3v) is 3.46. The van der Waals surface area contributed by atoms with Crippen molar-refractivity contribution in [3.8, 4) is 5.75 Å². The number of rotatable bonds is 7. The van der Waals surface area contributed by atoms with Crippen LogP contribution in [0.25, 0.3) is 0 Å². The second-order valence-corrected chi connectivity index (χ2v) is 5.05. The lowest BCUT2D eigenvalue weighted by atomic mass is 10.1. The van der Waals surface area contributed by atoms with Crippen LogP contribution >= 0.6 is 0 Å². The number of aliphatic hydroxyl groups is 1. The zero-order chi connectivity index (χ0) is 12.6. The van der Waals surface area contributed by atoms with Gasteiger partial charge >= 0.3 is 0 Å². The largest absolute Gasteiger partial charge is 0.494 e. The molecule has 2 rings (SSSR count). The standard InChI is InChI=1S/C15H23NO2/c17-14-8-7-13(11-14)12-16-9-4-10-18-15-5-2-1-3-6-15/h1-3,5-6,13-14,16-17H,4,7-12H2. The summed E-state index contributed by atoms with van der Waals surface area (Å²) in [4.78, 5) is 0. The lowest BCUT2D eigenvalue weighted by Gasteiger charge is -2.11. The first-order valence-corrected chi connectivity index (χ1v) is 6.91. The Morgan fingerprint density at radius 1 is 1.22 bits per heavy atom. The van der Waals surface area contributed by atoms with E-state index in [1.165, 1.54) is 0 Å². The molecular weight excluding hydrogens is 226 g/mol. The van der Waals surface area contributed by atoms with Gasteiger partial charge in [0.25, 0.3) is 0 Å². The van der Waals surface area contributed by atoms with E-state index in [0.29, 0.717) is 5.92 Å². The average molecular weight is 249 g/mol. The van der Waals surface area contributed by atoms with E-state index in [9.17, 15) is 5.11 Å². The highest BCUT2D eigenvalue weighted by molar-refractivity contribution is 5.20. The summed E-state index contributed by atoms with van der Waals surface area (Å²) in [6.45, 7) is 2.77. The molecule has 0 amide bonds. The van der Waals surface area contributed by atoms with Crippen LogP contribution in [0.4, 0.5) is 0 Å². The van der Waals surface area contributed by atoms with Gasteiger partial charge in [0, 0.05) is 0 Å². The smallest absolute Gasteiger partial charge is 0.119 e. The molecular formula is C15H23NO2. The Kier molecular flexibility index (Phi) is 5.49. The van der Waals surface area contributed by atoms with E-state index in [-0.39, 0.29) is 6.10 Å². The van der Waals surface area contributed by atoms with Crippen LogP contribution in [0.5, 0.6) is 5.75 Å². The fraction of sp³-hybridized carbons (Fsp3) is 0.600. The Morgan fingerprint density at radius 2 is 2.06 bits per heavy atom. The maximum absolute atomic E-state index is 9.42. The Morgan fingerprint density at radius 3 is 2.78 bits per heavy atom. The van der Waals surface area contributed by atoms with Gasteiger partial charge in [-0.2, -0.15) is 0 Å². The number of benzene rings is 1. The molecule has 0 radical (unpaired) electrons. The topological polar surface area (TPSA) is 41.5 Å². The number of para-hydroxylation sites is 1. The third-order valence-electron chi connectivity index (χ3n) is 3.46. The molecule has 18 heavy (non-hydrogen) atoms. The molecule has 100 valence electrons. The van der Waals surface area contributed by atoms with Crippen molar-refractivity contribution in [2.75, 3.05) is 19.7 Å². The van der Waals surface area contributed by atoms with Crippen LogP contribution in [0.15, 0.2) is 30.3 Å². The molecule has 1 aromatic rings. The molecule has 0 spiro atoms. The summed E-state index contributed by atoms with van der Waals surface area (Å²) in [6, 6.07) is 9.92. The van der Waals surface area contributed by atoms with Crippen LogP contribution in [0, 0.1) is 5.92 Å². The highest BCUT2D eigenvalue weighted by Gasteiger charge is 2.21. The summed E-state index contributed by atoms with van der Waals surface area (Å²) >= 11 is 0. The van der Waals surface area contributed by atoms with Crippen LogP contribution in [0.2, 0.25) is 0 Å². The van der Waals surface area contributed by atoms with Crippen LogP contribution < -0.4 is 10.1 Å². The molecule has 0 bridgehead atoms. The van der Waals surface area contributed by atoms with Gasteiger partial charge in [-0.15, -0.1) is 0 Å². The molecule has 0 saturated heterocycles. The van der Waals surface area contributed by atoms with Gasteiger partial charge in [-0.05, 0) is 56.8 Å². The van der Waals surface area contributed by atoms with Gasteiger partial charge in [0.15, 0.2) is 0 Å². The predicted molar refractivity (Wildman–Crippen MR) is 72.8 cm³/mol. The van der Waals surface area contributed by atoms with Crippen LogP contribution in [-0.4, -0.2) is 30.9 Å². The Balaban J connectivity index is 1.47. The molecule has 2 N–H and O–H groups in total. The summed E-state index contributed by atoms with van der Waals surface area (Å²) in [6.07, 6.45) is 4.06. The summed E-state index contributed by atoms with van der Waals surface area (Å²) in [5.41, 5.74) is 0. The van der Waals surface area contributed by atoms with Gasteiger partial charge in [-0.3, -0.25) is 0 Å². The predicted octanol–water partition coefficient (Wildman–Crippen LogP) is 2.21. The maximum Gasteiger partial charge on any atom is 0.119 e. The van der Waals surface area contributed by atoms with E-state index < -0.39 is 0 Å². The normalized spacial score (nSPS) is 23.2. The van der Waals surface area contributed by atoms with Gasteiger partial charge in [0.1, 0.15) is 5.75 Å². The molecule has 2 atom stereocenters. The van der Waals surface area contributed by atoms with Crippen molar-refractivity contribution in [1.29, 1.82) is 0 Å². The molecule has 1 saturated carbocycles. The quantitative estimate of drug-likeness (QED) is 0.728. The Bertz CT molecular complexity index is 329. The zero-order valence-corrected chi connectivity index (χ0v) is 10.8. The molecule has 1 fully saturated rings. The monoisotopic (exact) mass is 249 g/mol. The Hall–Kier alpha value is -1.06. The first kappa shape index (κ1) is 13.4. The second kappa shape index (κ2) is 7.39. The van der Waals surface area contributed by atoms with Gasteiger partial charge in [0.2, 0.25) is 0 Å². The van der Waals surface area contributed by atoms with E-state index in [1.807, 2.05) is 30.3 Å². The number of ether oxygens (including phenoxy) is 1. The summed E-state index contributed by atoms with van der Waals surface area (Å²) < 4.78 is 5.62. The van der Waals surface area contributed by atoms with E-state index >= 15 is 0 Å². The minimum Gasteiger partial charge on any atom is -0.494 e. The van der Waals surface area contributed by atoms with Crippen molar-refractivity contribution < 1.29 is 9.84 Å². The van der Waals surface area contributed by atoms with E-state index in [0.717, 1.165) is 51.1 Å². The van der Waals surface area contributed by atoms with Crippen molar-refractivity contribution in [2.24, 2.45) is 5.92 Å². The number of hydrogen-bond acceptors (Lipinski definition) is 3. The number of nitrogens with one attached hydrogen (secondary N) is 1. The molecule has 1 aromatic carbocycles. The molecule has 0 aromatic heterocycles. The summed E-state index contributed by atoms with van der Waals surface area (Å²) in [7, 11) is 0. The van der Waals surface area contributed by atoms with Crippen molar-refractivity contribution in [1.82, 2.24) is 5.32 Å². The fourth-order valence-corrected chi connectivity index (χ4v) is 2.44. The SMILES string of the molecule is OC1CCC(CNCCCOc2ccccc2)C1. The minimum absolute atomic E-state index is 0.0572. The van der Waals surface area contributed by atoms with Gasteiger partial charge < -0.3 is 15.2 Å². The van der Waals surface area contributed by atoms with Gasteiger partial charge in [-0.25, -0.2) is 0 Å². The third kappa shape index (κ3) is 4.67. The van der Waals surface area contributed by atoms with Crippen LogP contribution in [0.3, 0.4) is 0 Å². The lowest BCUT2D eigenvalue weighted by Crippen LogP contribution is -2.24. The zero-order valence-electron chi connectivity index (χ0n) is 10.8. The van der Waals surface area contributed by atoms with Crippen molar-refractivity contribution in [3.05, 3.63) is 30.3 Å². The van der Waals surface area contributed by atoms with Crippen molar-refractivity contribution in [3.63, 3.8) is 0 Å². The van der Waals surface area contributed by atoms with E-state index in [2.05, 4.69) is 5.32 Å². The van der Waals surface area contributed by atoms with Gasteiger partial charge in [-0.1, -0.05) is 18.2 Å². The van der Waals surface area contributed by atoms with Gasteiger partial charge in [0.05, 0.1) is 12.7 Å².